The molecule has 0 saturated carbocycles. The number of H-pyrrole nitrogens is 1. The highest BCUT2D eigenvalue weighted by Crippen LogP contribution is 2.20. The average Bonchev–Trinajstić information content (AvgIpc) is 2.62. The van der Waals surface area contributed by atoms with E-state index in [9.17, 15) is 14.4 Å². The number of carbonyl (C=O) groups is 2. The number of hydrogen-bond donors (Lipinski definition) is 1. The van der Waals surface area contributed by atoms with Gasteiger partial charge in [-0.1, -0.05) is 12.1 Å². The van der Waals surface area contributed by atoms with Crippen LogP contribution in [0.4, 0.5) is 0 Å². The van der Waals surface area contributed by atoms with Crippen molar-refractivity contribution >= 4 is 22.8 Å². The second-order valence-corrected chi connectivity index (χ2v) is 5.90. The van der Waals surface area contributed by atoms with Gasteiger partial charge in [-0.25, -0.2) is 0 Å². The number of hydrogen-bond acceptors (Lipinski definition) is 4. The summed E-state index contributed by atoms with van der Waals surface area (Å²) in [6, 6.07) is 7.12. The van der Waals surface area contributed by atoms with Gasteiger partial charge < -0.3 is 14.6 Å². The number of para-hydroxylation sites is 1. The molecular formula is C18H20N2O4. The quantitative estimate of drug-likeness (QED) is 0.873. The van der Waals surface area contributed by atoms with Gasteiger partial charge in [0.2, 0.25) is 5.43 Å². The molecule has 0 aliphatic carbocycles. The molecule has 0 atom stereocenters. The number of rotatable bonds is 3. The number of fused-ring (bicyclic) bond motifs is 1. The average molecular weight is 328 g/mol. The zero-order chi connectivity index (χ0) is 17.1. The molecule has 6 heteroatoms. The summed E-state index contributed by atoms with van der Waals surface area (Å²) in [7, 11) is 0. The van der Waals surface area contributed by atoms with E-state index < -0.39 is 0 Å². The van der Waals surface area contributed by atoms with Crippen molar-refractivity contribution in [2.24, 2.45) is 5.92 Å². The number of esters is 1. The fourth-order valence-corrected chi connectivity index (χ4v) is 3.08. The predicted molar refractivity (Wildman–Crippen MR) is 89.8 cm³/mol. The third-order valence-corrected chi connectivity index (χ3v) is 4.42. The van der Waals surface area contributed by atoms with Crippen LogP contribution in [0.5, 0.6) is 0 Å². The van der Waals surface area contributed by atoms with Crippen LogP contribution in [0.3, 0.4) is 0 Å². The smallest absolute Gasteiger partial charge is 0.309 e. The van der Waals surface area contributed by atoms with E-state index in [0.717, 1.165) is 0 Å². The first-order valence-corrected chi connectivity index (χ1v) is 8.18. The molecule has 0 spiro atoms. The van der Waals surface area contributed by atoms with Crippen molar-refractivity contribution < 1.29 is 14.3 Å². The first-order valence-electron chi connectivity index (χ1n) is 8.18. The van der Waals surface area contributed by atoms with Crippen LogP contribution in [0.2, 0.25) is 0 Å². The molecule has 3 rings (SSSR count). The Kier molecular flexibility index (Phi) is 4.64. The lowest BCUT2D eigenvalue weighted by atomic mass is 9.96. The number of aromatic nitrogens is 1. The Morgan fingerprint density at radius 2 is 1.96 bits per heavy atom. The van der Waals surface area contributed by atoms with E-state index in [2.05, 4.69) is 4.98 Å². The van der Waals surface area contributed by atoms with Gasteiger partial charge in [0.15, 0.2) is 0 Å². The number of nitrogens with zero attached hydrogens (tertiary/aromatic N) is 1. The molecule has 1 aliphatic rings. The van der Waals surface area contributed by atoms with Gasteiger partial charge in [-0.15, -0.1) is 0 Å². The van der Waals surface area contributed by atoms with Crippen molar-refractivity contribution in [3.63, 3.8) is 0 Å². The summed E-state index contributed by atoms with van der Waals surface area (Å²) in [5.41, 5.74) is 0.588. The van der Waals surface area contributed by atoms with Crippen LogP contribution in [0.15, 0.2) is 35.3 Å². The van der Waals surface area contributed by atoms with Gasteiger partial charge in [0.1, 0.15) is 5.56 Å². The minimum atomic E-state index is -0.288. The van der Waals surface area contributed by atoms with Crippen molar-refractivity contribution in [3.8, 4) is 0 Å². The normalized spacial score (nSPS) is 15.5. The highest BCUT2D eigenvalue weighted by molar-refractivity contribution is 5.97. The number of benzene rings is 1. The third-order valence-electron chi connectivity index (χ3n) is 4.42. The number of amides is 1. The molecule has 2 heterocycles. The summed E-state index contributed by atoms with van der Waals surface area (Å²) in [4.78, 5) is 41.6. The molecule has 1 aliphatic heterocycles. The van der Waals surface area contributed by atoms with E-state index >= 15 is 0 Å². The molecule has 2 aromatic rings. The molecule has 126 valence electrons. The lowest BCUT2D eigenvalue weighted by Gasteiger charge is -2.30. The number of aromatic amines is 1. The zero-order valence-electron chi connectivity index (χ0n) is 13.6. The number of nitrogens with one attached hydrogen (secondary N) is 1. The summed E-state index contributed by atoms with van der Waals surface area (Å²) in [5.74, 6) is -0.652. The summed E-state index contributed by atoms with van der Waals surface area (Å²) in [6.07, 6.45) is 2.61. The van der Waals surface area contributed by atoms with Gasteiger partial charge in [0, 0.05) is 30.2 Å². The van der Waals surface area contributed by atoms with Crippen LogP contribution < -0.4 is 5.43 Å². The Labute approximate surface area is 139 Å². The maximum atomic E-state index is 12.7. The lowest BCUT2D eigenvalue weighted by Crippen LogP contribution is -2.42. The van der Waals surface area contributed by atoms with Crippen molar-refractivity contribution in [1.82, 2.24) is 9.88 Å². The van der Waals surface area contributed by atoms with Crippen LogP contribution in [-0.4, -0.2) is 41.5 Å². The number of pyridine rings is 1. The molecule has 1 aromatic carbocycles. The van der Waals surface area contributed by atoms with Gasteiger partial charge in [-0.05, 0) is 31.9 Å². The number of ether oxygens (including phenoxy) is 1. The molecule has 0 unspecified atom stereocenters. The summed E-state index contributed by atoms with van der Waals surface area (Å²) in [5, 5.41) is 0.504. The Morgan fingerprint density at radius 1 is 1.25 bits per heavy atom. The minimum Gasteiger partial charge on any atom is -0.466 e. The van der Waals surface area contributed by atoms with E-state index in [-0.39, 0.29) is 28.8 Å². The van der Waals surface area contributed by atoms with Crippen LogP contribution >= 0.6 is 0 Å². The van der Waals surface area contributed by atoms with E-state index in [1.165, 1.54) is 6.20 Å². The van der Waals surface area contributed by atoms with Gasteiger partial charge in [0.25, 0.3) is 5.91 Å². The molecule has 24 heavy (non-hydrogen) atoms. The topological polar surface area (TPSA) is 79.5 Å². The van der Waals surface area contributed by atoms with Gasteiger partial charge in [0.05, 0.1) is 12.5 Å². The van der Waals surface area contributed by atoms with E-state index in [1.54, 1.807) is 30.0 Å². The van der Waals surface area contributed by atoms with Gasteiger partial charge in [-0.2, -0.15) is 0 Å². The number of likely N-dealkylation sites (tertiary alicyclic amines) is 1. The maximum absolute atomic E-state index is 12.7. The Hall–Kier alpha value is -2.63. The molecule has 1 fully saturated rings. The zero-order valence-corrected chi connectivity index (χ0v) is 13.6. The van der Waals surface area contributed by atoms with Crippen LogP contribution in [0, 0.1) is 5.92 Å². The molecule has 0 bridgehead atoms. The first-order chi connectivity index (χ1) is 11.6. The molecule has 1 aromatic heterocycles. The number of carbonyl (C=O) groups excluding carboxylic acids is 2. The van der Waals surface area contributed by atoms with Gasteiger partial charge >= 0.3 is 5.97 Å². The van der Waals surface area contributed by atoms with Gasteiger partial charge in [-0.3, -0.25) is 14.4 Å². The lowest BCUT2D eigenvalue weighted by molar-refractivity contribution is -0.149. The molecular weight excluding hydrogens is 308 g/mol. The molecule has 6 nitrogen and oxygen atoms in total. The van der Waals surface area contributed by atoms with Crippen molar-refractivity contribution in [3.05, 3.63) is 46.2 Å². The van der Waals surface area contributed by atoms with Crippen molar-refractivity contribution in [1.29, 1.82) is 0 Å². The SMILES string of the molecule is CCOC(=O)C1CCN(C(=O)c2c[nH]c3ccccc3c2=O)CC1. The standard InChI is InChI=1S/C18H20N2O4/c1-2-24-18(23)12-7-9-20(10-8-12)17(22)14-11-19-15-6-4-3-5-13(15)16(14)21/h3-6,11-12H,2,7-10H2,1H3,(H,19,21). The van der Waals surface area contributed by atoms with Crippen molar-refractivity contribution in [2.45, 2.75) is 19.8 Å². The maximum Gasteiger partial charge on any atom is 0.309 e. The molecule has 0 radical (unpaired) electrons. The summed E-state index contributed by atoms with van der Waals surface area (Å²) < 4.78 is 5.03. The predicted octanol–water partition coefficient (Wildman–Crippen LogP) is 1.94. The summed E-state index contributed by atoms with van der Waals surface area (Å²) >= 11 is 0. The van der Waals surface area contributed by atoms with E-state index in [4.69, 9.17) is 4.74 Å². The van der Waals surface area contributed by atoms with Crippen LogP contribution in [0.1, 0.15) is 30.1 Å². The summed E-state index contributed by atoms with van der Waals surface area (Å²) in [6.45, 7) is 3.05. The Balaban J connectivity index is 1.75. The Bertz CT molecular complexity index is 819. The highest BCUT2D eigenvalue weighted by Gasteiger charge is 2.29. The van der Waals surface area contributed by atoms with Crippen LogP contribution in [0.25, 0.3) is 10.9 Å². The number of piperidine rings is 1. The largest absolute Gasteiger partial charge is 0.466 e. The van der Waals surface area contributed by atoms with E-state index in [1.807, 2.05) is 6.07 Å². The molecule has 1 N–H and O–H groups in total. The second kappa shape index (κ2) is 6.86. The Morgan fingerprint density at radius 3 is 2.67 bits per heavy atom. The van der Waals surface area contributed by atoms with Crippen molar-refractivity contribution in [2.75, 3.05) is 19.7 Å². The van der Waals surface area contributed by atoms with E-state index in [0.29, 0.717) is 43.4 Å². The second-order valence-electron chi connectivity index (χ2n) is 5.90. The fraction of sp³-hybridized carbons (Fsp3) is 0.389. The highest BCUT2D eigenvalue weighted by atomic mass is 16.5. The minimum absolute atomic E-state index is 0.142. The fourth-order valence-electron chi connectivity index (χ4n) is 3.08. The third kappa shape index (κ3) is 3.04. The van der Waals surface area contributed by atoms with Crippen LogP contribution in [-0.2, 0) is 9.53 Å². The first kappa shape index (κ1) is 16.2. The molecule has 1 amide bonds. The molecule has 1 saturated heterocycles. The monoisotopic (exact) mass is 328 g/mol.